The monoisotopic (exact) mass is 403 g/mol. The van der Waals surface area contributed by atoms with Crippen LogP contribution in [0.2, 0.25) is 5.02 Å². The number of hydrogen-bond acceptors (Lipinski definition) is 5. The lowest BCUT2D eigenvalue weighted by molar-refractivity contribution is 0.379. The fourth-order valence-corrected chi connectivity index (χ4v) is 4.46. The van der Waals surface area contributed by atoms with Gasteiger partial charge in [0.05, 0.1) is 17.0 Å². The number of rotatable bonds is 6. The third kappa shape index (κ3) is 3.99. The number of benzene rings is 2. The first-order chi connectivity index (χ1) is 12.9. The highest BCUT2D eigenvalue weighted by Gasteiger charge is 2.29. The van der Waals surface area contributed by atoms with Crippen molar-refractivity contribution in [1.29, 1.82) is 0 Å². The van der Waals surface area contributed by atoms with Gasteiger partial charge >= 0.3 is 0 Å². The van der Waals surface area contributed by atoms with Gasteiger partial charge in [0.25, 0.3) is 10.0 Å². The van der Waals surface area contributed by atoms with Crippen LogP contribution in [0.3, 0.4) is 0 Å². The summed E-state index contributed by atoms with van der Waals surface area (Å²) in [5.74, 6) is 1.61. The maximum Gasteiger partial charge on any atom is 0.262 e. The quantitative estimate of drug-likeness (QED) is 0.663. The number of nitrogens with zero attached hydrogens (tertiary/aromatic N) is 2. The van der Waals surface area contributed by atoms with Gasteiger partial charge in [0.1, 0.15) is 0 Å². The van der Waals surface area contributed by atoms with Crippen molar-refractivity contribution in [3.8, 4) is 0 Å². The highest BCUT2D eigenvalue weighted by molar-refractivity contribution is 7.92. The summed E-state index contributed by atoms with van der Waals surface area (Å²) in [5, 5.41) is 4.38. The molecule has 0 spiro atoms. The van der Waals surface area contributed by atoms with E-state index in [4.69, 9.17) is 16.1 Å². The molecule has 1 aliphatic carbocycles. The lowest BCUT2D eigenvalue weighted by atomic mass is 10.1. The Bertz CT molecular complexity index is 1090. The minimum absolute atomic E-state index is 0.151. The van der Waals surface area contributed by atoms with E-state index in [1.165, 1.54) is 6.07 Å². The number of sulfonamides is 1. The average molecular weight is 404 g/mol. The molecule has 2 aromatic carbocycles. The Hall–Kier alpha value is -2.38. The molecule has 1 N–H and O–H groups in total. The molecule has 0 amide bonds. The molecule has 0 atom stereocenters. The van der Waals surface area contributed by atoms with Crippen molar-refractivity contribution in [1.82, 2.24) is 10.1 Å². The van der Waals surface area contributed by atoms with Crippen LogP contribution >= 0.6 is 11.6 Å². The molecule has 0 saturated heterocycles. The molecule has 0 bridgehead atoms. The van der Waals surface area contributed by atoms with E-state index in [0.717, 1.165) is 24.2 Å². The SMILES string of the molecule is Cc1ccc(Cl)cc1S(=O)(=O)Nc1ccccc1Cc1nc(C2CC2)no1. The van der Waals surface area contributed by atoms with Crippen molar-refractivity contribution in [3.63, 3.8) is 0 Å². The van der Waals surface area contributed by atoms with Crippen LogP contribution < -0.4 is 4.72 Å². The summed E-state index contributed by atoms with van der Waals surface area (Å²) >= 11 is 5.98. The first-order valence-electron chi connectivity index (χ1n) is 8.62. The van der Waals surface area contributed by atoms with E-state index in [9.17, 15) is 8.42 Å². The Morgan fingerprint density at radius 1 is 1.22 bits per heavy atom. The topological polar surface area (TPSA) is 85.1 Å². The van der Waals surface area contributed by atoms with Gasteiger partial charge < -0.3 is 4.52 Å². The molecule has 3 aromatic rings. The number of hydrogen-bond donors (Lipinski definition) is 1. The van der Waals surface area contributed by atoms with Gasteiger partial charge in [0.2, 0.25) is 5.89 Å². The number of aryl methyl sites for hydroxylation is 1. The predicted octanol–water partition coefficient (Wildman–Crippen LogP) is 4.30. The standard InChI is InChI=1S/C19H18ClN3O3S/c1-12-6-9-15(20)11-17(12)27(24,25)23-16-5-3-2-4-14(16)10-18-21-19(22-26-18)13-7-8-13/h2-6,9,11,13,23H,7-8,10H2,1H3. The van der Waals surface area contributed by atoms with Crippen LogP contribution in [0.15, 0.2) is 51.9 Å². The second-order valence-electron chi connectivity index (χ2n) is 6.67. The molecule has 1 aromatic heterocycles. The van der Waals surface area contributed by atoms with Crippen molar-refractivity contribution >= 4 is 27.3 Å². The molecule has 6 nitrogen and oxygen atoms in total. The smallest absolute Gasteiger partial charge is 0.262 e. The van der Waals surface area contributed by atoms with Crippen molar-refractivity contribution in [2.24, 2.45) is 0 Å². The number of nitrogens with one attached hydrogen (secondary N) is 1. The van der Waals surface area contributed by atoms with E-state index >= 15 is 0 Å². The van der Waals surface area contributed by atoms with Gasteiger partial charge in [0.15, 0.2) is 5.82 Å². The molecule has 8 heteroatoms. The van der Waals surface area contributed by atoms with Crippen LogP contribution in [0.25, 0.3) is 0 Å². The molecule has 4 rings (SSSR count). The Morgan fingerprint density at radius 3 is 2.78 bits per heavy atom. The Labute approximate surface area is 162 Å². The second kappa shape index (κ2) is 6.98. The zero-order valence-corrected chi connectivity index (χ0v) is 16.2. The summed E-state index contributed by atoms with van der Waals surface area (Å²) in [6, 6.07) is 12.0. The third-order valence-electron chi connectivity index (χ3n) is 4.47. The average Bonchev–Trinajstić information content (AvgIpc) is 3.38. The highest BCUT2D eigenvalue weighted by Crippen LogP contribution is 2.38. The molecule has 1 aliphatic rings. The van der Waals surface area contributed by atoms with E-state index in [1.54, 1.807) is 31.2 Å². The zero-order valence-electron chi connectivity index (χ0n) is 14.6. The molecule has 0 aliphatic heterocycles. The van der Waals surface area contributed by atoms with Gasteiger partial charge in [-0.3, -0.25) is 4.72 Å². The second-order valence-corrected chi connectivity index (χ2v) is 8.76. The summed E-state index contributed by atoms with van der Waals surface area (Å²) in [4.78, 5) is 4.57. The summed E-state index contributed by atoms with van der Waals surface area (Å²) in [5.41, 5.74) is 1.85. The van der Waals surface area contributed by atoms with Crippen LogP contribution in [-0.4, -0.2) is 18.6 Å². The van der Waals surface area contributed by atoms with E-state index in [-0.39, 0.29) is 4.90 Å². The van der Waals surface area contributed by atoms with E-state index < -0.39 is 10.0 Å². The van der Waals surface area contributed by atoms with Crippen molar-refractivity contribution in [3.05, 3.63) is 70.3 Å². The maximum absolute atomic E-state index is 12.9. The van der Waals surface area contributed by atoms with E-state index in [1.807, 2.05) is 12.1 Å². The Morgan fingerprint density at radius 2 is 2.00 bits per heavy atom. The van der Waals surface area contributed by atoms with Crippen LogP contribution in [0.5, 0.6) is 0 Å². The number of halogens is 1. The van der Waals surface area contributed by atoms with Crippen molar-refractivity contribution < 1.29 is 12.9 Å². The van der Waals surface area contributed by atoms with E-state index in [0.29, 0.717) is 34.5 Å². The molecular weight excluding hydrogens is 386 g/mol. The number of anilines is 1. The fraction of sp³-hybridized carbons (Fsp3) is 0.263. The lowest BCUT2D eigenvalue weighted by Crippen LogP contribution is -2.15. The molecule has 0 radical (unpaired) electrons. The van der Waals surface area contributed by atoms with Gasteiger partial charge in [-0.25, -0.2) is 8.42 Å². The normalized spacial score (nSPS) is 14.3. The lowest BCUT2D eigenvalue weighted by Gasteiger charge is -2.13. The van der Waals surface area contributed by atoms with Gasteiger partial charge in [-0.2, -0.15) is 4.98 Å². The maximum atomic E-state index is 12.9. The first-order valence-corrected chi connectivity index (χ1v) is 10.5. The fourth-order valence-electron chi connectivity index (χ4n) is 2.85. The van der Waals surface area contributed by atoms with Gasteiger partial charge in [-0.15, -0.1) is 0 Å². The number of aromatic nitrogens is 2. The predicted molar refractivity (Wildman–Crippen MR) is 103 cm³/mol. The minimum Gasteiger partial charge on any atom is -0.339 e. The van der Waals surface area contributed by atoms with E-state index in [2.05, 4.69) is 14.9 Å². The summed E-state index contributed by atoms with van der Waals surface area (Å²) < 4.78 is 33.7. The van der Waals surface area contributed by atoms with Crippen LogP contribution in [0.4, 0.5) is 5.69 Å². The highest BCUT2D eigenvalue weighted by atomic mass is 35.5. The summed E-state index contributed by atoms with van der Waals surface area (Å²) in [6.45, 7) is 1.73. The minimum atomic E-state index is -3.78. The number of para-hydroxylation sites is 1. The zero-order chi connectivity index (χ0) is 19.0. The van der Waals surface area contributed by atoms with Crippen LogP contribution in [0, 0.1) is 6.92 Å². The van der Waals surface area contributed by atoms with Gasteiger partial charge in [-0.1, -0.05) is 41.0 Å². The Balaban J connectivity index is 1.61. The first kappa shape index (κ1) is 18.0. The van der Waals surface area contributed by atoms with Gasteiger partial charge in [-0.05, 0) is 49.1 Å². The largest absolute Gasteiger partial charge is 0.339 e. The summed E-state index contributed by atoms with van der Waals surface area (Å²) in [7, 11) is -3.78. The van der Waals surface area contributed by atoms with Crippen LogP contribution in [-0.2, 0) is 16.4 Å². The molecule has 27 heavy (non-hydrogen) atoms. The van der Waals surface area contributed by atoms with Crippen molar-refractivity contribution in [2.45, 2.75) is 37.0 Å². The Kier molecular flexibility index (Phi) is 4.65. The molecule has 1 saturated carbocycles. The third-order valence-corrected chi connectivity index (χ3v) is 6.21. The molecule has 1 fully saturated rings. The summed E-state index contributed by atoms with van der Waals surface area (Å²) in [6.07, 6.45) is 2.54. The molecule has 140 valence electrons. The van der Waals surface area contributed by atoms with Crippen LogP contribution in [0.1, 0.15) is 41.6 Å². The molecular formula is C19H18ClN3O3S. The molecule has 0 unspecified atom stereocenters. The van der Waals surface area contributed by atoms with Gasteiger partial charge in [0, 0.05) is 10.9 Å². The van der Waals surface area contributed by atoms with Crippen molar-refractivity contribution in [2.75, 3.05) is 4.72 Å². The molecule has 1 heterocycles.